The fourth-order valence-electron chi connectivity index (χ4n) is 3.55. The Balaban J connectivity index is -0.00000111. The van der Waals surface area contributed by atoms with Gasteiger partial charge in [0.05, 0.1) is 37.7 Å². The number of carbonyl (C=O) groups is 3. The van der Waals surface area contributed by atoms with E-state index in [9.17, 15) is 19.5 Å². The van der Waals surface area contributed by atoms with Crippen molar-refractivity contribution in [3.63, 3.8) is 0 Å². The second-order valence-electron chi connectivity index (χ2n) is 12.8. The Labute approximate surface area is 281 Å². The molecule has 1 heterocycles. The molecule has 0 saturated carbocycles. The van der Waals surface area contributed by atoms with Gasteiger partial charge in [0.1, 0.15) is 6.10 Å². The Kier molecular flexibility index (Phi) is 30.0. The number of amides is 3. The molecule has 12 heteroatoms. The molecule has 1 saturated heterocycles. The Hall–Kier alpha value is -1.67. The van der Waals surface area contributed by atoms with Crippen LogP contribution in [-0.4, -0.2) is 110 Å². The maximum atomic E-state index is 11.9. The first-order valence-electron chi connectivity index (χ1n) is 17.2. The summed E-state index contributed by atoms with van der Waals surface area (Å²) >= 11 is 0. The van der Waals surface area contributed by atoms with Gasteiger partial charge in [-0.15, -0.1) is 0 Å². The Morgan fingerprint density at radius 3 is 2.15 bits per heavy atom. The van der Waals surface area contributed by atoms with Crippen LogP contribution < -0.4 is 11.1 Å². The zero-order valence-electron chi connectivity index (χ0n) is 31.7. The van der Waals surface area contributed by atoms with E-state index in [1.807, 2.05) is 69.4 Å². The average Bonchev–Trinajstić information content (AvgIpc) is 3.23. The number of rotatable bonds is 20. The van der Waals surface area contributed by atoms with Crippen LogP contribution in [0, 0.1) is 11.8 Å². The van der Waals surface area contributed by atoms with Crippen LogP contribution in [0.1, 0.15) is 115 Å². The summed E-state index contributed by atoms with van der Waals surface area (Å²) in [5.74, 6) is -0.229. The van der Waals surface area contributed by atoms with Gasteiger partial charge < -0.3 is 30.4 Å². The van der Waals surface area contributed by atoms with Gasteiger partial charge in [-0.05, 0) is 59.8 Å². The molecular formula is C34H72N4O8. The highest BCUT2D eigenvalue weighted by atomic mass is 16.7. The van der Waals surface area contributed by atoms with Gasteiger partial charge in [-0.3, -0.25) is 24.1 Å². The maximum Gasteiger partial charge on any atom is 0.232 e. The van der Waals surface area contributed by atoms with E-state index in [4.69, 9.17) is 24.8 Å². The van der Waals surface area contributed by atoms with Gasteiger partial charge in [0.25, 0.3) is 0 Å². The number of ether oxygens (including phenoxy) is 3. The van der Waals surface area contributed by atoms with Crippen molar-refractivity contribution in [1.82, 2.24) is 15.3 Å². The number of hydrogen-bond acceptors (Lipinski definition) is 10. The highest BCUT2D eigenvalue weighted by Crippen LogP contribution is 2.19. The van der Waals surface area contributed by atoms with Gasteiger partial charge in [-0.25, -0.2) is 0 Å². The number of nitrogens with two attached hydrogens (primary N) is 1. The molecule has 0 aromatic heterocycles. The molecule has 0 aromatic carbocycles. The molecule has 1 rings (SSSR count). The largest absolute Gasteiger partial charge is 0.388 e. The molecular weight excluding hydrogens is 592 g/mol. The van der Waals surface area contributed by atoms with Crippen molar-refractivity contribution >= 4 is 17.7 Å². The van der Waals surface area contributed by atoms with Crippen molar-refractivity contribution in [3.8, 4) is 0 Å². The van der Waals surface area contributed by atoms with Crippen LogP contribution in [0.2, 0.25) is 0 Å². The van der Waals surface area contributed by atoms with E-state index in [1.54, 1.807) is 12.0 Å². The lowest BCUT2D eigenvalue weighted by Crippen LogP contribution is -2.35. The van der Waals surface area contributed by atoms with Crippen LogP contribution in [0.3, 0.4) is 0 Å². The Morgan fingerprint density at radius 2 is 1.65 bits per heavy atom. The highest BCUT2D eigenvalue weighted by Gasteiger charge is 2.35. The number of carbonyl (C=O) groups excluding carboxylic acids is 3. The van der Waals surface area contributed by atoms with Gasteiger partial charge in [0, 0.05) is 52.1 Å². The highest BCUT2D eigenvalue weighted by molar-refractivity contribution is 6.03. The summed E-state index contributed by atoms with van der Waals surface area (Å²) in [6, 6.07) is 0. The zero-order valence-corrected chi connectivity index (χ0v) is 31.7. The molecule has 1 aliphatic heterocycles. The van der Waals surface area contributed by atoms with Crippen molar-refractivity contribution < 1.29 is 38.5 Å². The van der Waals surface area contributed by atoms with Gasteiger partial charge in [-0.2, -0.15) is 5.06 Å². The molecule has 2 unspecified atom stereocenters. The fraction of sp³-hybridized carbons (Fsp3) is 0.912. The standard InChI is InChI=1S/C23H42N2O7.C7H18N2O.2C2H6/c1-17-14-20(28)25(21(17)29)11-8-19(27)24-10-7-12-30-15-18(26)16-32-23(5,6)9-13-31-22(2,3)4;1-7(2)4-5-10-9(3)6-8;2*1-2/h17-18,26H,7-16H2,1-6H3,(H,24,27);7H,4-6,8H2,1-3H3;2*1-2H3. The van der Waals surface area contributed by atoms with Gasteiger partial charge in [-0.1, -0.05) is 48.5 Å². The maximum absolute atomic E-state index is 11.9. The third-order valence-corrected chi connectivity index (χ3v) is 6.30. The monoisotopic (exact) mass is 665 g/mol. The summed E-state index contributed by atoms with van der Waals surface area (Å²) in [6.45, 7) is 27.1. The lowest BCUT2D eigenvalue weighted by atomic mass is 10.1. The van der Waals surface area contributed by atoms with Gasteiger partial charge in [0.15, 0.2) is 0 Å². The molecule has 4 N–H and O–H groups in total. The molecule has 276 valence electrons. The van der Waals surface area contributed by atoms with Crippen molar-refractivity contribution in [3.05, 3.63) is 0 Å². The van der Waals surface area contributed by atoms with E-state index in [-0.39, 0.29) is 61.8 Å². The fourth-order valence-corrected chi connectivity index (χ4v) is 3.55. The minimum atomic E-state index is -0.731. The SMILES string of the molecule is CC.CC.CC(C)CCON(C)CN.CC1CC(=O)N(CCC(=O)NCCCOCC(O)COC(C)(C)CCOC(C)(C)C)C1=O. The number of hydrogen-bond donors (Lipinski definition) is 3. The predicted molar refractivity (Wildman–Crippen MR) is 185 cm³/mol. The van der Waals surface area contributed by atoms with Crippen molar-refractivity contribution in [2.24, 2.45) is 17.6 Å². The molecule has 0 aliphatic carbocycles. The van der Waals surface area contributed by atoms with Crippen LogP contribution in [0.15, 0.2) is 0 Å². The summed E-state index contributed by atoms with van der Waals surface area (Å²) < 4.78 is 17.0. The normalized spacial score (nSPS) is 15.5. The molecule has 3 amide bonds. The van der Waals surface area contributed by atoms with E-state index in [1.165, 1.54) is 0 Å². The van der Waals surface area contributed by atoms with Crippen LogP contribution in [0.4, 0.5) is 0 Å². The van der Waals surface area contributed by atoms with Crippen LogP contribution in [0.5, 0.6) is 0 Å². The number of imide groups is 1. The molecule has 2 atom stereocenters. The number of likely N-dealkylation sites (tertiary alicyclic amines) is 1. The quantitative estimate of drug-likeness (QED) is 0.0733. The van der Waals surface area contributed by atoms with E-state index in [0.29, 0.717) is 38.8 Å². The van der Waals surface area contributed by atoms with Gasteiger partial charge in [0.2, 0.25) is 17.7 Å². The van der Waals surface area contributed by atoms with Gasteiger partial charge >= 0.3 is 0 Å². The third-order valence-electron chi connectivity index (χ3n) is 6.30. The van der Waals surface area contributed by atoms with Crippen LogP contribution in [0.25, 0.3) is 0 Å². The first-order chi connectivity index (χ1) is 21.5. The average molecular weight is 665 g/mol. The molecule has 0 aromatic rings. The second kappa shape index (κ2) is 28.4. The van der Waals surface area contributed by atoms with Crippen LogP contribution in [-0.2, 0) is 33.4 Å². The summed E-state index contributed by atoms with van der Waals surface area (Å²) in [6.07, 6.45) is 1.98. The minimum Gasteiger partial charge on any atom is -0.388 e. The van der Waals surface area contributed by atoms with Crippen molar-refractivity contribution in [2.45, 2.75) is 132 Å². The molecule has 0 bridgehead atoms. The smallest absolute Gasteiger partial charge is 0.232 e. The summed E-state index contributed by atoms with van der Waals surface area (Å²) in [5, 5.41) is 14.4. The Bertz CT molecular complexity index is 775. The van der Waals surface area contributed by atoms with E-state index < -0.39 is 11.7 Å². The number of nitrogens with zero attached hydrogens (tertiary/aromatic N) is 2. The molecule has 0 radical (unpaired) electrons. The lowest BCUT2D eigenvalue weighted by Gasteiger charge is -2.28. The molecule has 12 nitrogen and oxygen atoms in total. The predicted octanol–water partition coefficient (Wildman–Crippen LogP) is 4.52. The topological polar surface area (TPSA) is 153 Å². The number of nitrogens with one attached hydrogen (secondary N) is 1. The third kappa shape index (κ3) is 28.5. The molecule has 1 aliphatic rings. The second-order valence-corrected chi connectivity index (χ2v) is 12.8. The minimum absolute atomic E-state index is 0.0949. The van der Waals surface area contributed by atoms with E-state index >= 15 is 0 Å². The number of aliphatic hydroxyl groups is 1. The van der Waals surface area contributed by atoms with E-state index in [2.05, 4.69) is 19.2 Å². The first-order valence-corrected chi connectivity index (χ1v) is 17.2. The summed E-state index contributed by atoms with van der Waals surface area (Å²) in [5.41, 5.74) is 4.70. The summed E-state index contributed by atoms with van der Waals surface area (Å²) in [7, 11) is 1.83. The molecule has 0 spiro atoms. The number of aliphatic hydroxyl groups excluding tert-OH is 1. The lowest BCUT2D eigenvalue weighted by molar-refractivity contribution is -0.140. The summed E-state index contributed by atoms with van der Waals surface area (Å²) in [4.78, 5) is 41.8. The Morgan fingerprint density at radius 1 is 1.04 bits per heavy atom. The van der Waals surface area contributed by atoms with Crippen molar-refractivity contribution in [2.75, 3.05) is 59.8 Å². The van der Waals surface area contributed by atoms with E-state index in [0.717, 1.165) is 24.3 Å². The zero-order chi connectivity index (χ0) is 36.3. The molecule has 46 heavy (non-hydrogen) atoms. The first kappa shape index (κ1) is 48.7. The van der Waals surface area contributed by atoms with Crippen molar-refractivity contribution in [1.29, 1.82) is 0 Å². The molecule has 1 fully saturated rings. The number of hydroxylamine groups is 2. The van der Waals surface area contributed by atoms with Crippen LogP contribution >= 0.6 is 0 Å².